The van der Waals surface area contributed by atoms with Gasteiger partial charge >= 0.3 is 0 Å². The molecule has 1 fully saturated rings. The molecular weight excluding hydrogens is 292 g/mol. The second-order valence-electron chi connectivity index (χ2n) is 6.73. The number of hydrogen-bond donors (Lipinski definition) is 2. The summed E-state index contributed by atoms with van der Waals surface area (Å²) in [6, 6.07) is 11.2. The number of rotatable bonds is 2. The highest BCUT2D eigenvalue weighted by atomic mass is 16.3. The van der Waals surface area contributed by atoms with Crippen molar-refractivity contribution in [2.75, 3.05) is 13.1 Å². The molecule has 0 bridgehead atoms. The van der Waals surface area contributed by atoms with E-state index in [-0.39, 0.29) is 28.6 Å². The number of carbonyl (C=O) groups excluding carboxylic acids is 1. The average Bonchev–Trinajstić information content (AvgIpc) is 2.83. The van der Waals surface area contributed by atoms with Crippen LogP contribution in [0.1, 0.15) is 35.7 Å². The van der Waals surface area contributed by atoms with E-state index in [1.54, 1.807) is 4.90 Å². The van der Waals surface area contributed by atoms with E-state index >= 15 is 0 Å². The van der Waals surface area contributed by atoms with Gasteiger partial charge in [-0.15, -0.1) is 0 Å². The van der Waals surface area contributed by atoms with Crippen molar-refractivity contribution in [3.8, 4) is 5.75 Å². The van der Waals surface area contributed by atoms with Crippen LogP contribution >= 0.6 is 0 Å². The molecule has 1 aliphatic heterocycles. The molecule has 0 aliphatic carbocycles. The van der Waals surface area contributed by atoms with Gasteiger partial charge in [0.05, 0.1) is 5.56 Å². The number of aromatic hydroxyl groups is 1. The van der Waals surface area contributed by atoms with E-state index in [9.17, 15) is 14.7 Å². The van der Waals surface area contributed by atoms with Crippen LogP contribution in [0.2, 0.25) is 0 Å². The second-order valence-corrected chi connectivity index (χ2v) is 6.73. The zero-order valence-corrected chi connectivity index (χ0v) is 13.2. The van der Waals surface area contributed by atoms with E-state index in [0.29, 0.717) is 13.1 Å². The van der Waals surface area contributed by atoms with Gasteiger partial charge in [0.15, 0.2) is 0 Å². The molecule has 2 heterocycles. The van der Waals surface area contributed by atoms with Crippen LogP contribution in [-0.2, 0) is 0 Å². The van der Waals surface area contributed by atoms with Gasteiger partial charge in [-0.2, -0.15) is 0 Å². The molecule has 23 heavy (non-hydrogen) atoms. The van der Waals surface area contributed by atoms with Crippen molar-refractivity contribution in [1.82, 2.24) is 9.88 Å². The minimum atomic E-state index is -0.428. The number of likely N-dealkylation sites (tertiary alicyclic amines) is 1. The number of pyridine rings is 1. The summed E-state index contributed by atoms with van der Waals surface area (Å²) in [5.41, 5.74) is 0.852. The van der Waals surface area contributed by atoms with Gasteiger partial charge in [-0.1, -0.05) is 44.2 Å². The number of aromatic amines is 1. The largest absolute Gasteiger partial charge is 0.507 e. The Balaban J connectivity index is 1.88. The number of amides is 1. The molecule has 1 saturated heterocycles. The van der Waals surface area contributed by atoms with Crippen LogP contribution in [0.15, 0.2) is 47.4 Å². The van der Waals surface area contributed by atoms with Crippen molar-refractivity contribution in [3.63, 3.8) is 0 Å². The number of nitrogens with zero attached hydrogens (tertiary/aromatic N) is 1. The fourth-order valence-electron chi connectivity index (χ4n) is 3.33. The molecule has 0 unspecified atom stereocenters. The van der Waals surface area contributed by atoms with Crippen molar-refractivity contribution >= 4 is 5.91 Å². The molecule has 120 valence electrons. The number of H-pyrrole nitrogens is 1. The third-order valence-electron chi connectivity index (χ3n) is 4.57. The first-order valence-electron chi connectivity index (χ1n) is 7.64. The Morgan fingerprint density at radius 3 is 2.65 bits per heavy atom. The molecule has 3 rings (SSSR count). The quantitative estimate of drug-likeness (QED) is 0.894. The lowest BCUT2D eigenvalue weighted by Gasteiger charge is -2.25. The molecule has 0 saturated carbocycles. The molecule has 0 radical (unpaired) electrons. The molecule has 1 atom stereocenters. The lowest BCUT2D eigenvalue weighted by Crippen LogP contribution is -2.30. The molecule has 1 amide bonds. The third kappa shape index (κ3) is 2.86. The molecule has 1 aromatic heterocycles. The molecule has 0 spiro atoms. The van der Waals surface area contributed by atoms with Crippen LogP contribution in [-0.4, -0.2) is 34.0 Å². The van der Waals surface area contributed by atoms with E-state index in [2.05, 4.69) is 31.0 Å². The first-order valence-corrected chi connectivity index (χ1v) is 7.64. The van der Waals surface area contributed by atoms with Gasteiger partial charge in [-0.25, -0.2) is 0 Å². The van der Waals surface area contributed by atoms with E-state index in [1.165, 1.54) is 11.8 Å². The topological polar surface area (TPSA) is 73.4 Å². The highest BCUT2D eigenvalue weighted by Crippen LogP contribution is 2.42. The summed E-state index contributed by atoms with van der Waals surface area (Å²) in [5, 5.41) is 9.87. The Morgan fingerprint density at radius 1 is 1.30 bits per heavy atom. The molecule has 1 aliphatic rings. The minimum absolute atomic E-state index is 0.0607. The van der Waals surface area contributed by atoms with Crippen LogP contribution in [0.4, 0.5) is 0 Å². The Bertz CT molecular complexity index is 780. The number of benzene rings is 1. The fraction of sp³-hybridized carbons (Fsp3) is 0.333. The smallest absolute Gasteiger partial charge is 0.259 e. The molecule has 2 aromatic rings. The van der Waals surface area contributed by atoms with Crippen LogP contribution < -0.4 is 5.56 Å². The number of hydrogen-bond acceptors (Lipinski definition) is 3. The minimum Gasteiger partial charge on any atom is -0.507 e. The van der Waals surface area contributed by atoms with Gasteiger partial charge < -0.3 is 15.0 Å². The van der Waals surface area contributed by atoms with E-state index < -0.39 is 5.56 Å². The maximum absolute atomic E-state index is 12.7. The number of carbonyl (C=O) groups is 1. The standard InChI is InChI=1S/C18H20N2O3/c1-18(2)11-20(10-14(18)12-6-4-3-5-7-12)17(23)13-9-19-16(22)8-15(13)21/h3-9,14H,10-11H2,1-2H3,(H2,19,21,22)/t14-/m0/s1. The summed E-state index contributed by atoms with van der Waals surface area (Å²) in [7, 11) is 0. The maximum Gasteiger partial charge on any atom is 0.259 e. The summed E-state index contributed by atoms with van der Waals surface area (Å²) < 4.78 is 0. The first kappa shape index (κ1) is 15.3. The predicted octanol–water partition coefficient (Wildman–Crippen LogP) is 2.35. The predicted molar refractivity (Wildman–Crippen MR) is 87.6 cm³/mol. The zero-order chi connectivity index (χ0) is 16.6. The average molecular weight is 312 g/mol. The lowest BCUT2D eigenvalue weighted by molar-refractivity contribution is 0.0774. The Kier molecular flexibility index (Phi) is 3.72. The highest BCUT2D eigenvalue weighted by molar-refractivity contribution is 5.96. The van der Waals surface area contributed by atoms with Crippen molar-refractivity contribution in [3.05, 3.63) is 64.1 Å². The third-order valence-corrected chi connectivity index (χ3v) is 4.57. The molecule has 1 aromatic carbocycles. The van der Waals surface area contributed by atoms with E-state index in [0.717, 1.165) is 6.07 Å². The van der Waals surface area contributed by atoms with E-state index in [4.69, 9.17) is 0 Å². The van der Waals surface area contributed by atoms with Gasteiger partial charge in [0.2, 0.25) is 0 Å². The second kappa shape index (κ2) is 5.57. The normalized spacial score (nSPS) is 19.7. The lowest BCUT2D eigenvalue weighted by atomic mass is 9.78. The van der Waals surface area contributed by atoms with Crippen LogP contribution in [0.5, 0.6) is 5.75 Å². The Labute approximate surface area is 134 Å². The number of nitrogens with one attached hydrogen (secondary N) is 1. The summed E-state index contributed by atoms with van der Waals surface area (Å²) in [4.78, 5) is 28.1. The monoisotopic (exact) mass is 312 g/mol. The van der Waals surface area contributed by atoms with Crippen molar-refractivity contribution < 1.29 is 9.90 Å². The van der Waals surface area contributed by atoms with Crippen molar-refractivity contribution in [1.29, 1.82) is 0 Å². The number of aromatic nitrogens is 1. The Morgan fingerprint density at radius 2 is 2.00 bits per heavy atom. The molecule has 5 nitrogen and oxygen atoms in total. The maximum atomic E-state index is 12.7. The van der Waals surface area contributed by atoms with Crippen molar-refractivity contribution in [2.45, 2.75) is 19.8 Å². The SMILES string of the molecule is CC1(C)CN(C(=O)c2c[nH]c(=O)cc2O)C[C@H]1c1ccccc1. The van der Waals surface area contributed by atoms with Gasteiger partial charge in [0.25, 0.3) is 11.5 Å². The molecule has 2 N–H and O–H groups in total. The van der Waals surface area contributed by atoms with Gasteiger partial charge in [-0.3, -0.25) is 9.59 Å². The summed E-state index contributed by atoms with van der Waals surface area (Å²) in [6.07, 6.45) is 1.28. The molecular formula is C18H20N2O3. The van der Waals surface area contributed by atoms with Crippen molar-refractivity contribution in [2.24, 2.45) is 5.41 Å². The van der Waals surface area contributed by atoms with E-state index in [1.807, 2.05) is 18.2 Å². The Hall–Kier alpha value is -2.56. The first-order chi connectivity index (χ1) is 10.9. The highest BCUT2D eigenvalue weighted by Gasteiger charge is 2.42. The van der Waals surface area contributed by atoms with Crippen LogP contribution in [0.3, 0.4) is 0 Å². The summed E-state index contributed by atoms with van der Waals surface area (Å²) in [5.74, 6) is -0.303. The fourth-order valence-corrected chi connectivity index (χ4v) is 3.33. The van der Waals surface area contributed by atoms with Crippen LogP contribution in [0, 0.1) is 5.41 Å². The van der Waals surface area contributed by atoms with Crippen LogP contribution in [0.25, 0.3) is 0 Å². The van der Waals surface area contributed by atoms with Gasteiger partial charge in [-0.05, 0) is 11.0 Å². The zero-order valence-electron chi connectivity index (χ0n) is 13.2. The van der Waals surface area contributed by atoms with Gasteiger partial charge in [0, 0.05) is 31.3 Å². The summed E-state index contributed by atoms with van der Waals surface area (Å²) >= 11 is 0. The van der Waals surface area contributed by atoms with Gasteiger partial charge in [0.1, 0.15) is 5.75 Å². The molecule has 5 heteroatoms. The summed E-state index contributed by atoms with van der Waals surface area (Å²) in [6.45, 7) is 5.48.